The van der Waals surface area contributed by atoms with Crippen molar-refractivity contribution in [1.82, 2.24) is 9.29 Å². The van der Waals surface area contributed by atoms with E-state index in [9.17, 15) is 17.6 Å². The Hall–Kier alpha value is -2.81. The van der Waals surface area contributed by atoms with Crippen LogP contribution < -0.4 is 5.56 Å². The standard InChI is InChI=1S/C23H21FN2O3S2/c1-15-9-10-16(2)22-19(15)12-17(23(27)25-22)13-26(14-18-6-5-11-30-18)31(28,29)21-8-4-3-7-20(21)24/h3-12H,13-14H2,1-2H3,(H,25,27). The van der Waals surface area contributed by atoms with E-state index in [4.69, 9.17) is 0 Å². The SMILES string of the molecule is Cc1ccc(C)c2[nH]c(=O)c(CN(Cc3cccs3)S(=O)(=O)c3ccccc3F)cc12. The molecule has 0 saturated heterocycles. The number of aromatic amines is 1. The zero-order valence-electron chi connectivity index (χ0n) is 17.1. The van der Waals surface area contributed by atoms with E-state index < -0.39 is 20.7 Å². The molecule has 0 unspecified atom stereocenters. The lowest BCUT2D eigenvalue weighted by Gasteiger charge is -2.22. The topological polar surface area (TPSA) is 70.2 Å². The minimum absolute atomic E-state index is 0.0403. The van der Waals surface area contributed by atoms with Crippen LogP contribution in [0.4, 0.5) is 4.39 Å². The fraction of sp³-hybridized carbons (Fsp3) is 0.174. The van der Waals surface area contributed by atoms with Gasteiger partial charge in [0.15, 0.2) is 0 Å². The third kappa shape index (κ3) is 4.19. The van der Waals surface area contributed by atoms with Crippen molar-refractivity contribution in [3.05, 3.63) is 97.7 Å². The summed E-state index contributed by atoms with van der Waals surface area (Å²) in [4.78, 5) is 16.1. The second kappa shape index (κ2) is 8.37. The van der Waals surface area contributed by atoms with Crippen molar-refractivity contribution in [3.8, 4) is 0 Å². The van der Waals surface area contributed by atoms with Gasteiger partial charge in [-0.25, -0.2) is 12.8 Å². The van der Waals surface area contributed by atoms with Gasteiger partial charge in [0.05, 0.1) is 5.52 Å². The van der Waals surface area contributed by atoms with Crippen molar-refractivity contribution < 1.29 is 12.8 Å². The quantitative estimate of drug-likeness (QED) is 0.456. The average molecular weight is 457 g/mol. The summed E-state index contributed by atoms with van der Waals surface area (Å²) in [5.74, 6) is -0.822. The van der Waals surface area contributed by atoms with E-state index in [1.807, 2.05) is 43.5 Å². The molecule has 4 rings (SSSR count). The molecular weight excluding hydrogens is 435 g/mol. The highest BCUT2D eigenvalue weighted by Crippen LogP contribution is 2.25. The van der Waals surface area contributed by atoms with Crippen LogP contribution >= 0.6 is 11.3 Å². The number of fused-ring (bicyclic) bond motifs is 1. The number of rotatable bonds is 6. The van der Waals surface area contributed by atoms with Crippen molar-refractivity contribution in [2.75, 3.05) is 0 Å². The summed E-state index contributed by atoms with van der Waals surface area (Å²) in [5.41, 5.74) is 2.58. The molecule has 0 amide bonds. The van der Waals surface area contributed by atoms with Gasteiger partial charge < -0.3 is 4.98 Å². The third-order valence-corrected chi connectivity index (χ3v) is 7.92. The molecule has 160 valence electrons. The minimum Gasteiger partial charge on any atom is -0.321 e. The van der Waals surface area contributed by atoms with E-state index >= 15 is 0 Å². The fourth-order valence-corrected chi connectivity index (χ4v) is 5.78. The molecule has 0 aliphatic carbocycles. The van der Waals surface area contributed by atoms with Gasteiger partial charge in [-0.3, -0.25) is 4.79 Å². The molecule has 0 atom stereocenters. The number of nitrogens with one attached hydrogen (secondary N) is 1. The maximum absolute atomic E-state index is 14.4. The van der Waals surface area contributed by atoms with Crippen LogP contribution in [0, 0.1) is 19.7 Å². The summed E-state index contributed by atoms with van der Waals surface area (Å²) in [6, 6.07) is 14.5. The summed E-state index contributed by atoms with van der Waals surface area (Å²) < 4.78 is 42.2. The molecule has 2 heterocycles. The van der Waals surface area contributed by atoms with Crippen molar-refractivity contribution in [3.63, 3.8) is 0 Å². The predicted molar refractivity (Wildman–Crippen MR) is 121 cm³/mol. The largest absolute Gasteiger partial charge is 0.321 e. The minimum atomic E-state index is -4.18. The Kier molecular flexibility index (Phi) is 5.79. The molecule has 2 aromatic heterocycles. The number of hydrogen-bond donors (Lipinski definition) is 1. The Balaban J connectivity index is 1.82. The van der Waals surface area contributed by atoms with E-state index in [0.29, 0.717) is 5.56 Å². The van der Waals surface area contributed by atoms with Crippen LogP contribution in [-0.2, 0) is 23.1 Å². The first-order valence-electron chi connectivity index (χ1n) is 9.66. The molecule has 0 radical (unpaired) electrons. The number of pyridine rings is 1. The van der Waals surface area contributed by atoms with Gasteiger partial charge in [0, 0.05) is 28.9 Å². The number of nitrogens with zero attached hydrogens (tertiary/aromatic N) is 1. The van der Waals surface area contributed by atoms with Gasteiger partial charge in [0.1, 0.15) is 10.7 Å². The van der Waals surface area contributed by atoms with Crippen LogP contribution in [0.1, 0.15) is 21.6 Å². The highest BCUT2D eigenvalue weighted by atomic mass is 32.2. The van der Waals surface area contributed by atoms with Crippen LogP contribution in [0.15, 0.2) is 69.7 Å². The summed E-state index contributed by atoms with van der Waals surface area (Å²) in [6.07, 6.45) is 0. The molecule has 4 aromatic rings. The zero-order valence-corrected chi connectivity index (χ0v) is 18.7. The number of hydrogen-bond acceptors (Lipinski definition) is 4. The predicted octanol–water partition coefficient (Wildman–Crippen LogP) is 4.74. The Morgan fingerprint density at radius 3 is 2.45 bits per heavy atom. The summed E-state index contributed by atoms with van der Waals surface area (Å²) in [7, 11) is -4.18. The first kappa shape index (κ1) is 21.4. The number of thiophene rings is 1. The van der Waals surface area contributed by atoms with E-state index in [0.717, 1.165) is 37.3 Å². The van der Waals surface area contributed by atoms with Crippen molar-refractivity contribution >= 4 is 32.3 Å². The number of aryl methyl sites for hydroxylation is 2. The maximum atomic E-state index is 14.4. The lowest BCUT2D eigenvalue weighted by molar-refractivity contribution is 0.399. The molecule has 0 bridgehead atoms. The molecule has 0 aliphatic heterocycles. The smallest absolute Gasteiger partial charge is 0.252 e. The number of aromatic nitrogens is 1. The van der Waals surface area contributed by atoms with Gasteiger partial charge >= 0.3 is 0 Å². The molecule has 0 spiro atoms. The highest BCUT2D eigenvalue weighted by molar-refractivity contribution is 7.89. The number of sulfonamides is 1. The summed E-state index contributed by atoms with van der Waals surface area (Å²) >= 11 is 1.40. The molecular formula is C23H21FN2O3S2. The first-order valence-corrected chi connectivity index (χ1v) is 12.0. The lowest BCUT2D eigenvalue weighted by Crippen LogP contribution is -2.33. The molecule has 0 aliphatic rings. The molecule has 2 aromatic carbocycles. The van der Waals surface area contributed by atoms with E-state index in [2.05, 4.69) is 4.98 Å². The van der Waals surface area contributed by atoms with Crippen LogP contribution in [0.2, 0.25) is 0 Å². The number of benzene rings is 2. The van der Waals surface area contributed by atoms with Gasteiger partial charge in [0.25, 0.3) is 5.56 Å². The Bertz CT molecular complexity index is 1410. The van der Waals surface area contributed by atoms with Crippen molar-refractivity contribution in [2.24, 2.45) is 0 Å². The third-order valence-electron chi connectivity index (χ3n) is 5.23. The molecule has 1 N–H and O–H groups in total. The Morgan fingerprint density at radius 1 is 1.00 bits per heavy atom. The van der Waals surface area contributed by atoms with Gasteiger partial charge in [-0.05, 0) is 54.6 Å². The average Bonchev–Trinajstić information content (AvgIpc) is 3.24. The Labute approximate surface area is 183 Å². The van der Waals surface area contributed by atoms with Gasteiger partial charge in [0.2, 0.25) is 10.0 Å². The van der Waals surface area contributed by atoms with Crippen LogP contribution in [-0.4, -0.2) is 17.7 Å². The first-order chi connectivity index (χ1) is 14.8. The van der Waals surface area contributed by atoms with E-state index in [-0.39, 0.29) is 18.6 Å². The van der Waals surface area contributed by atoms with E-state index in [1.165, 1.54) is 29.5 Å². The Morgan fingerprint density at radius 2 is 1.74 bits per heavy atom. The van der Waals surface area contributed by atoms with E-state index in [1.54, 1.807) is 6.07 Å². The lowest BCUT2D eigenvalue weighted by atomic mass is 10.0. The van der Waals surface area contributed by atoms with Gasteiger partial charge in [-0.1, -0.05) is 30.3 Å². The summed E-state index contributed by atoms with van der Waals surface area (Å²) in [6.45, 7) is 3.71. The molecule has 31 heavy (non-hydrogen) atoms. The zero-order chi connectivity index (χ0) is 22.2. The number of H-pyrrole nitrogens is 1. The molecule has 0 saturated carbocycles. The summed E-state index contributed by atoms with van der Waals surface area (Å²) in [5, 5.41) is 2.70. The molecule has 8 heteroatoms. The van der Waals surface area contributed by atoms with Gasteiger partial charge in [-0.15, -0.1) is 11.3 Å². The maximum Gasteiger partial charge on any atom is 0.252 e. The van der Waals surface area contributed by atoms with Crippen LogP contribution in [0.5, 0.6) is 0 Å². The normalized spacial score (nSPS) is 12.0. The van der Waals surface area contributed by atoms with Crippen LogP contribution in [0.25, 0.3) is 10.9 Å². The number of halogens is 1. The van der Waals surface area contributed by atoms with Crippen molar-refractivity contribution in [1.29, 1.82) is 0 Å². The van der Waals surface area contributed by atoms with Gasteiger partial charge in [-0.2, -0.15) is 4.31 Å². The monoisotopic (exact) mass is 456 g/mol. The second-order valence-electron chi connectivity index (χ2n) is 7.39. The molecule has 0 fully saturated rings. The molecule has 5 nitrogen and oxygen atoms in total. The van der Waals surface area contributed by atoms with Crippen molar-refractivity contribution in [2.45, 2.75) is 31.8 Å². The fourth-order valence-electron chi connectivity index (χ4n) is 3.52. The second-order valence-corrected chi connectivity index (χ2v) is 10.3. The van der Waals surface area contributed by atoms with Crippen LogP contribution in [0.3, 0.4) is 0 Å². The highest BCUT2D eigenvalue weighted by Gasteiger charge is 2.29.